The highest BCUT2D eigenvalue weighted by Gasteiger charge is 2.06. The fourth-order valence-corrected chi connectivity index (χ4v) is 1.65. The summed E-state index contributed by atoms with van der Waals surface area (Å²) in [4.78, 5) is 16.9. The van der Waals surface area contributed by atoms with Crippen molar-refractivity contribution in [3.8, 4) is 6.01 Å². The molecule has 2 aromatic heterocycles. The van der Waals surface area contributed by atoms with Crippen LogP contribution in [0.2, 0.25) is 0 Å². The van der Waals surface area contributed by atoms with Crippen LogP contribution in [0.1, 0.15) is 19.0 Å². The molecule has 7 heteroatoms. The van der Waals surface area contributed by atoms with Crippen molar-refractivity contribution in [2.24, 2.45) is 0 Å². The molecule has 0 amide bonds. The lowest BCUT2D eigenvalue weighted by atomic mass is 10.3. The van der Waals surface area contributed by atoms with Crippen molar-refractivity contribution in [2.75, 3.05) is 30.8 Å². The summed E-state index contributed by atoms with van der Waals surface area (Å²) in [6.07, 6.45) is 3.49. The molecule has 2 N–H and O–H groups in total. The summed E-state index contributed by atoms with van der Waals surface area (Å²) in [5.41, 5.74) is 1.02. The molecule has 0 bridgehead atoms. The molecule has 0 atom stereocenters. The molecule has 0 saturated heterocycles. The summed E-state index contributed by atoms with van der Waals surface area (Å²) in [5.74, 6) is 0.979. The zero-order chi connectivity index (χ0) is 14.9. The highest BCUT2D eigenvalue weighted by atomic mass is 16.5. The molecule has 0 saturated carbocycles. The van der Waals surface area contributed by atoms with Crippen molar-refractivity contribution in [2.45, 2.75) is 19.8 Å². The van der Waals surface area contributed by atoms with Gasteiger partial charge in [-0.1, -0.05) is 13.0 Å². The SMILES string of the molecule is CCCOc1nc(NC)nc(NCCc2ccccn2)n1. The van der Waals surface area contributed by atoms with E-state index in [4.69, 9.17) is 4.74 Å². The standard InChI is InChI=1S/C14H20N6O/c1-3-10-21-14-19-12(15-2)18-13(20-14)17-9-7-11-6-4-5-8-16-11/h4-6,8H,3,7,9-10H2,1-2H3,(H2,15,17,18,19,20). The zero-order valence-electron chi connectivity index (χ0n) is 12.3. The summed E-state index contributed by atoms with van der Waals surface area (Å²) in [7, 11) is 1.76. The Morgan fingerprint density at radius 2 is 2.00 bits per heavy atom. The highest BCUT2D eigenvalue weighted by molar-refractivity contribution is 5.35. The van der Waals surface area contributed by atoms with E-state index in [9.17, 15) is 0 Å². The molecule has 0 radical (unpaired) electrons. The second-order valence-electron chi connectivity index (χ2n) is 4.36. The van der Waals surface area contributed by atoms with E-state index in [1.165, 1.54) is 0 Å². The lowest BCUT2D eigenvalue weighted by molar-refractivity contribution is 0.292. The van der Waals surface area contributed by atoms with Crippen LogP contribution < -0.4 is 15.4 Å². The van der Waals surface area contributed by atoms with E-state index in [0.29, 0.717) is 31.1 Å². The molecule has 7 nitrogen and oxygen atoms in total. The van der Waals surface area contributed by atoms with E-state index in [1.807, 2.05) is 25.1 Å². The van der Waals surface area contributed by atoms with Gasteiger partial charge in [0.25, 0.3) is 0 Å². The van der Waals surface area contributed by atoms with Gasteiger partial charge in [-0.3, -0.25) is 4.98 Å². The quantitative estimate of drug-likeness (QED) is 0.765. The maximum atomic E-state index is 5.45. The summed E-state index contributed by atoms with van der Waals surface area (Å²) < 4.78 is 5.45. The first-order valence-corrected chi connectivity index (χ1v) is 7.02. The van der Waals surface area contributed by atoms with Gasteiger partial charge in [-0.25, -0.2) is 0 Å². The van der Waals surface area contributed by atoms with Crippen LogP contribution in [0.4, 0.5) is 11.9 Å². The lowest BCUT2D eigenvalue weighted by Crippen LogP contribution is -2.12. The molecule has 0 aliphatic rings. The third-order valence-electron chi connectivity index (χ3n) is 2.66. The molecule has 0 aliphatic heterocycles. The number of ether oxygens (including phenoxy) is 1. The number of nitrogens with zero attached hydrogens (tertiary/aromatic N) is 4. The fraction of sp³-hybridized carbons (Fsp3) is 0.429. The Labute approximate surface area is 124 Å². The van der Waals surface area contributed by atoms with Crippen molar-refractivity contribution in [3.05, 3.63) is 30.1 Å². The average Bonchev–Trinajstić information content (AvgIpc) is 2.53. The Kier molecular flexibility index (Phi) is 5.69. The monoisotopic (exact) mass is 288 g/mol. The van der Waals surface area contributed by atoms with Crippen LogP contribution in [-0.2, 0) is 6.42 Å². The molecular weight excluding hydrogens is 268 g/mol. The molecule has 21 heavy (non-hydrogen) atoms. The van der Waals surface area contributed by atoms with Gasteiger partial charge in [0.2, 0.25) is 11.9 Å². The van der Waals surface area contributed by atoms with E-state index < -0.39 is 0 Å². The molecule has 0 spiro atoms. The number of hydrogen-bond donors (Lipinski definition) is 2. The van der Waals surface area contributed by atoms with Gasteiger partial charge in [0, 0.05) is 31.9 Å². The Morgan fingerprint density at radius 3 is 2.71 bits per heavy atom. The largest absolute Gasteiger partial charge is 0.463 e. The van der Waals surface area contributed by atoms with Crippen LogP contribution in [-0.4, -0.2) is 40.1 Å². The van der Waals surface area contributed by atoms with Gasteiger partial charge in [-0.05, 0) is 18.6 Å². The predicted octanol–water partition coefficient (Wildman–Crippen LogP) is 1.75. The number of hydrogen-bond acceptors (Lipinski definition) is 7. The van der Waals surface area contributed by atoms with Gasteiger partial charge in [0.15, 0.2) is 0 Å². The van der Waals surface area contributed by atoms with Crippen molar-refractivity contribution in [1.29, 1.82) is 0 Å². The minimum absolute atomic E-state index is 0.330. The summed E-state index contributed by atoms with van der Waals surface area (Å²) in [5, 5.41) is 6.06. The lowest BCUT2D eigenvalue weighted by Gasteiger charge is -2.08. The summed E-state index contributed by atoms with van der Waals surface area (Å²) in [6.45, 7) is 3.31. The first kappa shape index (κ1) is 15.0. The number of aromatic nitrogens is 4. The predicted molar refractivity (Wildman–Crippen MR) is 81.6 cm³/mol. The number of rotatable bonds is 8. The van der Waals surface area contributed by atoms with Gasteiger partial charge in [0.05, 0.1) is 6.61 Å². The minimum Gasteiger partial charge on any atom is -0.463 e. The van der Waals surface area contributed by atoms with Crippen LogP contribution in [0.3, 0.4) is 0 Å². The molecule has 0 fully saturated rings. The number of anilines is 2. The first-order valence-electron chi connectivity index (χ1n) is 7.02. The van der Waals surface area contributed by atoms with Crippen LogP contribution >= 0.6 is 0 Å². The fourth-order valence-electron chi connectivity index (χ4n) is 1.65. The van der Waals surface area contributed by atoms with Crippen molar-refractivity contribution in [1.82, 2.24) is 19.9 Å². The molecule has 0 unspecified atom stereocenters. The number of pyridine rings is 1. The van der Waals surface area contributed by atoms with Crippen molar-refractivity contribution >= 4 is 11.9 Å². The van der Waals surface area contributed by atoms with E-state index >= 15 is 0 Å². The maximum Gasteiger partial charge on any atom is 0.323 e. The Bertz CT molecular complexity index is 548. The molecule has 2 aromatic rings. The highest BCUT2D eigenvalue weighted by Crippen LogP contribution is 2.11. The van der Waals surface area contributed by atoms with Crippen molar-refractivity contribution in [3.63, 3.8) is 0 Å². The minimum atomic E-state index is 0.330. The average molecular weight is 288 g/mol. The van der Waals surface area contributed by atoms with E-state index in [2.05, 4.69) is 30.6 Å². The van der Waals surface area contributed by atoms with Crippen molar-refractivity contribution < 1.29 is 4.74 Å². The molecule has 2 rings (SSSR count). The summed E-state index contributed by atoms with van der Waals surface area (Å²) in [6, 6.07) is 6.20. The van der Waals surface area contributed by atoms with Gasteiger partial charge in [-0.2, -0.15) is 15.0 Å². The first-order chi connectivity index (χ1) is 10.3. The second-order valence-corrected chi connectivity index (χ2v) is 4.36. The maximum absolute atomic E-state index is 5.45. The van der Waals surface area contributed by atoms with E-state index in [1.54, 1.807) is 13.2 Å². The van der Waals surface area contributed by atoms with Crippen LogP contribution in [0, 0.1) is 0 Å². The Balaban J connectivity index is 1.95. The topological polar surface area (TPSA) is 84.9 Å². The normalized spacial score (nSPS) is 10.2. The molecule has 0 aliphatic carbocycles. The smallest absolute Gasteiger partial charge is 0.323 e. The molecule has 0 aromatic carbocycles. The third-order valence-corrected chi connectivity index (χ3v) is 2.66. The van der Waals surface area contributed by atoms with Crippen LogP contribution in [0.15, 0.2) is 24.4 Å². The van der Waals surface area contributed by atoms with Crippen LogP contribution in [0.25, 0.3) is 0 Å². The Hall–Kier alpha value is -2.44. The van der Waals surface area contributed by atoms with Crippen LogP contribution in [0.5, 0.6) is 6.01 Å². The van der Waals surface area contributed by atoms with E-state index in [-0.39, 0.29) is 0 Å². The number of nitrogens with one attached hydrogen (secondary N) is 2. The zero-order valence-corrected chi connectivity index (χ0v) is 12.3. The third kappa shape index (κ3) is 4.87. The molecular formula is C14H20N6O. The van der Waals surface area contributed by atoms with Gasteiger partial charge in [0.1, 0.15) is 0 Å². The second kappa shape index (κ2) is 7.98. The van der Waals surface area contributed by atoms with Gasteiger partial charge in [-0.15, -0.1) is 0 Å². The molecule has 112 valence electrons. The molecule has 2 heterocycles. The van der Waals surface area contributed by atoms with Gasteiger partial charge < -0.3 is 15.4 Å². The Morgan fingerprint density at radius 1 is 1.14 bits per heavy atom. The summed E-state index contributed by atoms with van der Waals surface area (Å²) >= 11 is 0. The van der Waals surface area contributed by atoms with E-state index in [0.717, 1.165) is 18.5 Å². The van der Waals surface area contributed by atoms with Gasteiger partial charge >= 0.3 is 6.01 Å².